The van der Waals surface area contributed by atoms with Gasteiger partial charge in [0.05, 0.1) is 22.9 Å². The second-order valence-corrected chi connectivity index (χ2v) is 9.06. The molecule has 0 aliphatic carbocycles. The maximum Gasteiger partial charge on any atom is 0.294 e. The molecule has 33 heavy (non-hydrogen) atoms. The van der Waals surface area contributed by atoms with Crippen LogP contribution in [-0.4, -0.2) is 71.5 Å². The Bertz CT molecular complexity index is 1360. The third kappa shape index (κ3) is 3.95. The molecule has 0 spiro atoms. The molecular formula is C23H22ClN7O2. The molecule has 1 saturated heterocycles. The number of aromatic amines is 1. The number of amides is 2. The zero-order chi connectivity index (χ0) is 23.2. The highest BCUT2D eigenvalue weighted by Crippen LogP contribution is 2.24. The van der Waals surface area contributed by atoms with E-state index in [0.717, 1.165) is 16.6 Å². The number of aromatic nitrogens is 5. The van der Waals surface area contributed by atoms with E-state index in [1.807, 2.05) is 38.2 Å². The fraction of sp³-hybridized carbons (Fsp3) is 0.261. The van der Waals surface area contributed by atoms with Gasteiger partial charge in [-0.15, -0.1) is 5.10 Å². The Morgan fingerprint density at radius 1 is 1.09 bits per heavy atom. The summed E-state index contributed by atoms with van der Waals surface area (Å²) >= 11 is 6.05. The van der Waals surface area contributed by atoms with Crippen LogP contribution in [0.15, 0.2) is 55.1 Å². The van der Waals surface area contributed by atoms with Crippen molar-refractivity contribution in [3.63, 3.8) is 0 Å². The van der Waals surface area contributed by atoms with Gasteiger partial charge in [0.15, 0.2) is 0 Å². The average Bonchev–Trinajstić information content (AvgIpc) is 3.47. The van der Waals surface area contributed by atoms with Crippen molar-refractivity contribution in [2.75, 3.05) is 19.6 Å². The Labute approximate surface area is 195 Å². The lowest BCUT2D eigenvalue weighted by molar-refractivity contribution is 0.0158. The summed E-state index contributed by atoms with van der Waals surface area (Å²) in [7, 11) is 0. The van der Waals surface area contributed by atoms with E-state index in [-0.39, 0.29) is 17.6 Å². The van der Waals surface area contributed by atoms with Gasteiger partial charge in [-0.05, 0) is 44.2 Å². The van der Waals surface area contributed by atoms with Crippen molar-refractivity contribution < 1.29 is 9.59 Å². The van der Waals surface area contributed by atoms with Gasteiger partial charge in [0.2, 0.25) is 5.82 Å². The number of piperazine rings is 1. The van der Waals surface area contributed by atoms with Crippen LogP contribution in [0.2, 0.25) is 5.02 Å². The van der Waals surface area contributed by atoms with Gasteiger partial charge in [-0.25, -0.2) is 14.6 Å². The molecule has 0 radical (unpaired) electrons. The molecule has 1 aliphatic rings. The number of hydrogen-bond donors (Lipinski definition) is 1. The summed E-state index contributed by atoms with van der Waals surface area (Å²) < 4.78 is 1.52. The van der Waals surface area contributed by atoms with E-state index in [2.05, 4.69) is 20.1 Å². The predicted octanol–water partition coefficient (Wildman–Crippen LogP) is 3.17. The largest absolute Gasteiger partial charge is 0.360 e. The Morgan fingerprint density at radius 2 is 1.94 bits per heavy atom. The van der Waals surface area contributed by atoms with Gasteiger partial charge in [-0.1, -0.05) is 17.7 Å². The smallest absolute Gasteiger partial charge is 0.294 e. The van der Waals surface area contributed by atoms with E-state index in [1.54, 1.807) is 34.2 Å². The lowest BCUT2D eigenvalue weighted by atomic mass is 9.98. The molecule has 4 heterocycles. The Balaban J connectivity index is 1.32. The summed E-state index contributed by atoms with van der Waals surface area (Å²) in [5.41, 5.74) is 1.38. The fourth-order valence-electron chi connectivity index (χ4n) is 4.16. The summed E-state index contributed by atoms with van der Waals surface area (Å²) in [6.07, 6.45) is 4.97. The third-order valence-electron chi connectivity index (χ3n) is 5.85. The predicted molar refractivity (Wildman–Crippen MR) is 123 cm³/mol. The van der Waals surface area contributed by atoms with E-state index in [4.69, 9.17) is 11.6 Å². The lowest BCUT2D eigenvalue weighted by Gasteiger charge is -2.46. The van der Waals surface area contributed by atoms with Crippen molar-refractivity contribution in [3.05, 3.63) is 71.7 Å². The van der Waals surface area contributed by atoms with Crippen LogP contribution in [0.5, 0.6) is 0 Å². The summed E-state index contributed by atoms with van der Waals surface area (Å²) in [5, 5.41) is 5.86. The molecule has 9 nitrogen and oxygen atoms in total. The summed E-state index contributed by atoms with van der Waals surface area (Å²) in [6, 6.07) is 10.8. The van der Waals surface area contributed by atoms with E-state index in [9.17, 15) is 9.59 Å². The number of carbonyl (C=O) groups is 2. The van der Waals surface area contributed by atoms with Gasteiger partial charge in [-0.3, -0.25) is 9.59 Å². The first kappa shape index (κ1) is 21.1. The van der Waals surface area contributed by atoms with Crippen molar-refractivity contribution in [1.29, 1.82) is 0 Å². The minimum Gasteiger partial charge on any atom is -0.360 e. The fourth-order valence-corrected chi connectivity index (χ4v) is 4.34. The van der Waals surface area contributed by atoms with E-state index in [0.29, 0.717) is 30.4 Å². The van der Waals surface area contributed by atoms with Crippen LogP contribution in [0, 0.1) is 0 Å². The van der Waals surface area contributed by atoms with Crippen molar-refractivity contribution in [1.82, 2.24) is 34.5 Å². The molecule has 0 atom stereocenters. The first-order valence-electron chi connectivity index (χ1n) is 10.5. The maximum absolute atomic E-state index is 13.2. The van der Waals surface area contributed by atoms with Crippen LogP contribution < -0.4 is 0 Å². The van der Waals surface area contributed by atoms with Crippen molar-refractivity contribution in [2.45, 2.75) is 19.4 Å². The summed E-state index contributed by atoms with van der Waals surface area (Å²) in [5.74, 6) is -0.330. The Kier molecular flexibility index (Phi) is 5.13. The number of hydrogen-bond acceptors (Lipinski definition) is 5. The second kappa shape index (κ2) is 8.00. The summed E-state index contributed by atoms with van der Waals surface area (Å²) in [6.45, 7) is 5.01. The first-order chi connectivity index (χ1) is 15.8. The monoisotopic (exact) mass is 463 g/mol. The zero-order valence-electron chi connectivity index (χ0n) is 18.2. The molecule has 1 N–H and O–H groups in total. The number of carbonyl (C=O) groups excluding carboxylic acids is 2. The van der Waals surface area contributed by atoms with Gasteiger partial charge in [0.25, 0.3) is 11.8 Å². The topological polar surface area (TPSA) is 100 Å². The van der Waals surface area contributed by atoms with Gasteiger partial charge in [0, 0.05) is 36.2 Å². The van der Waals surface area contributed by atoms with Gasteiger partial charge in [-0.2, -0.15) is 0 Å². The van der Waals surface area contributed by atoms with E-state index < -0.39 is 5.54 Å². The molecule has 10 heteroatoms. The number of pyridine rings is 1. The van der Waals surface area contributed by atoms with Gasteiger partial charge >= 0.3 is 0 Å². The van der Waals surface area contributed by atoms with Crippen LogP contribution in [0.3, 0.4) is 0 Å². The molecule has 0 saturated carbocycles. The molecule has 2 amide bonds. The molecule has 0 unspecified atom stereocenters. The minimum atomic E-state index is -0.606. The number of halogens is 1. The summed E-state index contributed by atoms with van der Waals surface area (Å²) in [4.78, 5) is 41.4. The molecule has 1 aromatic carbocycles. The maximum atomic E-state index is 13.2. The quantitative estimate of drug-likeness (QED) is 0.503. The highest BCUT2D eigenvalue weighted by Gasteiger charge is 2.40. The molecular weight excluding hydrogens is 442 g/mol. The molecule has 1 fully saturated rings. The Morgan fingerprint density at radius 3 is 2.73 bits per heavy atom. The van der Waals surface area contributed by atoms with Crippen LogP contribution in [0.4, 0.5) is 0 Å². The second-order valence-electron chi connectivity index (χ2n) is 8.62. The van der Waals surface area contributed by atoms with Crippen molar-refractivity contribution in [2.24, 2.45) is 0 Å². The standard InChI is InChI=1S/C23H22ClN7O2/c1-23(2)13-29(21(32)18-10-15-6-7-25-19(15)12-26-18)8-9-30(23)22(33)20-27-14-31(28-20)17-5-3-4-16(24)11-17/h3-7,10-12,14,25H,8-9,13H2,1-2H3. The molecule has 4 aromatic rings. The highest BCUT2D eigenvalue weighted by atomic mass is 35.5. The van der Waals surface area contributed by atoms with Crippen LogP contribution in [-0.2, 0) is 0 Å². The van der Waals surface area contributed by atoms with Crippen LogP contribution >= 0.6 is 11.6 Å². The number of fused-ring (bicyclic) bond motifs is 1. The molecule has 0 bridgehead atoms. The number of benzene rings is 1. The zero-order valence-corrected chi connectivity index (χ0v) is 19.0. The third-order valence-corrected chi connectivity index (χ3v) is 6.08. The lowest BCUT2D eigenvalue weighted by Crippen LogP contribution is -2.62. The molecule has 5 rings (SSSR count). The number of H-pyrrole nitrogens is 1. The Hall–Kier alpha value is -3.72. The van der Waals surface area contributed by atoms with Crippen LogP contribution in [0.25, 0.3) is 16.6 Å². The van der Waals surface area contributed by atoms with Crippen LogP contribution in [0.1, 0.15) is 35.0 Å². The van der Waals surface area contributed by atoms with Crippen molar-refractivity contribution in [3.8, 4) is 5.69 Å². The SMILES string of the molecule is CC1(C)CN(C(=O)c2cc3cc[nH]c3cn2)CCN1C(=O)c1ncn(-c2cccc(Cl)c2)n1. The van der Waals surface area contributed by atoms with E-state index >= 15 is 0 Å². The van der Waals surface area contributed by atoms with Crippen molar-refractivity contribution >= 4 is 34.3 Å². The van der Waals surface area contributed by atoms with E-state index in [1.165, 1.54) is 11.0 Å². The minimum absolute atomic E-state index is 0.0994. The number of nitrogens with zero attached hydrogens (tertiary/aromatic N) is 6. The first-order valence-corrected chi connectivity index (χ1v) is 10.9. The average molecular weight is 464 g/mol. The van der Waals surface area contributed by atoms with Gasteiger partial charge in [0.1, 0.15) is 12.0 Å². The number of nitrogens with one attached hydrogen (secondary N) is 1. The molecule has 3 aromatic heterocycles. The molecule has 1 aliphatic heterocycles. The molecule has 168 valence electrons. The normalized spacial score (nSPS) is 15.7. The highest BCUT2D eigenvalue weighted by molar-refractivity contribution is 6.30. The van der Waals surface area contributed by atoms with Gasteiger partial charge < -0.3 is 14.8 Å². The number of rotatable bonds is 3.